The van der Waals surface area contributed by atoms with Crippen molar-refractivity contribution >= 4 is 16.6 Å². The van der Waals surface area contributed by atoms with E-state index in [1.165, 1.54) is 0 Å². The Morgan fingerprint density at radius 1 is 1.18 bits per heavy atom. The van der Waals surface area contributed by atoms with Crippen LogP contribution in [0.3, 0.4) is 0 Å². The Bertz CT molecular complexity index is 715. The minimum atomic E-state index is -0.197. The topological polar surface area (TPSA) is 100 Å². The number of nitriles is 3. The maximum absolute atomic E-state index is 9.05. The maximum Gasteiger partial charge on any atom is 0.148 e. The van der Waals surface area contributed by atoms with Gasteiger partial charge in [-0.1, -0.05) is 0 Å². The van der Waals surface area contributed by atoms with Crippen LogP contribution in [0.1, 0.15) is 5.56 Å². The average molecular weight is 219 g/mol. The van der Waals surface area contributed by atoms with Crippen LogP contribution in [0.15, 0.2) is 30.1 Å². The van der Waals surface area contributed by atoms with Crippen LogP contribution in [0.4, 0.5) is 0 Å². The number of nitrogens with zero attached hydrogens (tertiary/aromatic N) is 4. The molecule has 0 unspecified atom stereocenters. The zero-order valence-electron chi connectivity index (χ0n) is 8.60. The van der Waals surface area contributed by atoms with Crippen LogP contribution < -0.4 is 0 Å². The Kier molecular flexibility index (Phi) is 2.56. The van der Waals surface area contributed by atoms with E-state index in [0.717, 1.165) is 0 Å². The van der Waals surface area contributed by atoms with Gasteiger partial charge in [0.05, 0.1) is 5.57 Å². The lowest BCUT2D eigenvalue weighted by Gasteiger charge is -1.95. The molecule has 0 aliphatic carbocycles. The molecule has 0 aliphatic rings. The first-order chi connectivity index (χ1) is 8.31. The minimum Gasteiger partial charge on any atom is -0.345 e. The second-order valence-corrected chi connectivity index (χ2v) is 3.19. The van der Waals surface area contributed by atoms with E-state index in [0.29, 0.717) is 16.6 Å². The van der Waals surface area contributed by atoms with Gasteiger partial charge in [0.25, 0.3) is 0 Å². The quantitative estimate of drug-likeness (QED) is 0.740. The van der Waals surface area contributed by atoms with Crippen molar-refractivity contribution in [3.8, 4) is 18.2 Å². The Morgan fingerprint density at radius 2 is 1.94 bits per heavy atom. The number of aromatic nitrogens is 2. The van der Waals surface area contributed by atoms with Crippen LogP contribution in [-0.2, 0) is 0 Å². The molecule has 0 atom stereocenters. The first kappa shape index (κ1) is 10.4. The highest BCUT2D eigenvalue weighted by atomic mass is 14.8. The van der Waals surface area contributed by atoms with Crippen LogP contribution in [-0.4, -0.2) is 9.97 Å². The Balaban J connectivity index is 2.79. The lowest BCUT2D eigenvalue weighted by molar-refractivity contribution is 1.32. The fourth-order valence-corrected chi connectivity index (χ4v) is 1.55. The van der Waals surface area contributed by atoms with Crippen LogP contribution in [0.5, 0.6) is 0 Å². The molecule has 0 spiro atoms. The summed E-state index contributed by atoms with van der Waals surface area (Å²) in [7, 11) is 0. The number of rotatable bonds is 1. The van der Waals surface area contributed by atoms with Gasteiger partial charge >= 0.3 is 0 Å². The molecular formula is C12H5N5. The monoisotopic (exact) mass is 219 g/mol. The average Bonchev–Trinajstić information content (AvgIpc) is 2.79. The fourth-order valence-electron chi connectivity index (χ4n) is 1.55. The number of H-pyrrole nitrogens is 1. The van der Waals surface area contributed by atoms with Gasteiger partial charge in [0.15, 0.2) is 0 Å². The number of fused-ring (bicyclic) bond motifs is 1. The summed E-state index contributed by atoms with van der Waals surface area (Å²) in [5.41, 5.74) is 1.01. The number of hydrogen-bond acceptors (Lipinski definition) is 4. The smallest absolute Gasteiger partial charge is 0.148 e. The summed E-state index contributed by atoms with van der Waals surface area (Å²) in [5, 5.41) is 27.3. The first-order valence-corrected chi connectivity index (χ1v) is 4.69. The fraction of sp³-hybridized carbons (Fsp3) is 0. The Morgan fingerprint density at radius 3 is 2.59 bits per heavy atom. The van der Waals surface area contributed by atoms with Gasteiger partial charge in [0.2, 0.25) is 0 Å². The van der Waals surface area contributed by atoms with E-state index in [1.54, 1.807) is 36.7 Å². The van der Waals surface area contributed by atoms with E-state index in [4.69, 9.17) is 15.8 Å². The second kappa shape index (κ2) is 4.18. The summed E-state index contributed by atoms with van der Waals surface area (Å²) in [6, 6.07) is 8.83. The SMILES string of the molecule is N#CC(C#N)=C(C#N)c1c[nH]c2ncccc12. The van der Waals surface area contributed by atoms with E-state index in [9.17, 15) is 0 Å². The van der Waals surface area contributed by atoms with Crippen LogP contribution in [0, 0.1) is 34.0 Å². The van der Waals surface area contributed by atoms with Gasteiger partial charge in [-0.3, -0.25) is 0 Å². The molecule has 2 heterocycles. The van der Waals surface area contributed by atoms with Crippen molar-refractivity contribution in [2.24, 2.45) is 0 Å². The third-order valence-electron chi connectivity index (χ3n) is 2.31. The van der Waals surface area contributed by atoms with Crippen LogP contribution in [0.25, 0.3) is 16.6 Å². The minimum absolute atomic E-state index is 0.0641. The van der Waals surface area contributed by atoms with Crippen molar-refractivity contribution in [1.29, 1.82) is 15.8 Å². The predicted octanol–water partition coefficient (Wildman–Crippen LogP) is 1.89. The van der Waals surface area contributed by atoms with Crippen molar-refractivity contribution in [3.05, 3.63) is 35.7 Å². The number of aromatic amines is 1. The summed E-state index contributed by atoms with van der Waals surface area (Å²) in [4.78, 5) is 6.97. The highest BCUT2D eigenvalue weighted by molar-refractivity contribution is 5.97. The second-order valence-electron chi connectivity index (χ2n) is 3.19. The predicted molar refractivity (Wildman–Crippen MR) is 59.9 cm³/mol. The van der Waals surface area contributed by atoms with Crippen molar-refractivity contribution < 1.29 is 0 Å². The molecular weight excluding hydrogens is 214 g/mol. The van der Waals surface area contributed by atoms with Crippen molar-refractivity contribution in [1.82, 2.24) is 9.97 Å². The highest BCUT2D eigenvalue weighted by Gasteiger charge is 2.13. The Hall–Kier alpha value is -3.10. The molecule has 0 aromatic carbocycles. The lowest BCUT2D eigenvalue weighted by Crippen LogP contribution is -1.85. The molecule has 5 nitrogen and oxygen atoms in total. The lowest BCUT2D eigenvalue weighted by atomic mass is 10.0. The molecule has 17 heavy (non-hydrogen) atoms. The number of pyridine rings is 1. The standard InChI is InChI=1S/C12H5N5/c13-4-8(5-14)10(6-15)11-7-17-12-9(11)2-1-3-16-12/h1-3,7H,(H,16,17). The number of allylic oxidation sites excluding steroid dienone is 2. The van der Waals surface area contributed by atoms with E-state index in [-0.39, 0.29) is 11.1 Å². The summed E-state index contributed by atoms with van der Waals surface area (Å²) in [6.07, 6.45) is 3.19. The summed E-state index contributed by atoms with van der Waals surface area (Å²) in [6.45, 7) is 0. The van der Waals surface area contributed by atoms with Gasteiger partial charge in [-0.15, -0.1) is 0 Å². The first-order valence-electron chi connectivity index (χ1n) is 4.69. The van der Waals surface area contributed by atoms with Crippen molar-refractivity contribution in [2.45, 2.75) is 0 Å². The van der Waals surface area contributed by atoms with Gasteiger partial charge in [0, 0.05) is 23.3 Å². The highest BCUT2D eigenvalue weighted by Crippen LogP contribution is 2.25. The zero-order chi connectivity index (χ0) is 12.3. The molecule has 0 bridgehead atoms. The molecule has 78 valence electrons. The molecule has 5 heteroatoms. The van der Waals surface area contributed by atoms with E-state index in [2.05, 4.69) is 9.97 Å². The van der Waals surface area contributed by atoms with E-state index < -0.39 is 0 Å². The van der Waals surface area contributed by atoms with Gasteiger partial charge in [-0.2, -0.15) is 15.8 Å². The van der Waals surface area contributed by atoms with Crippen molar-refractivity contribution in [2.75, 3.05) is 0 Å². The number of hydrogen-bond donors (Lipinski definition) is 1. The maximum atomic E-state index is 9.05. The molecule has 0 radical (unpaired) electrons. The molecule has 2 rings (SSSR count). The van der Waals surface area contributed by atoms with Crippen LogP contribution in [0.2, 0.25) is 0 Å². The zero-order valence-corrected chi connectivity index (χ0v) is 8.60. The molecule has 2 aromatic heterocycles. The third-order valence-corrected chi connectivity index (χ3v) is 2.31. The normalized spacial score (nSPS) is 9.00. The molecule has 0 fully saturated rings. The van der Waals surface area contributed by atoms with E-state index >= 15 is 0 Å². The molecule has 0 saturated heterocycles. The van der Waals surface area contributed by atoms with Gasteiger partial charge in [0.1, 0.15) is 29.4 Å². The van der Waals surface area contributed by atoms with Gasteiger partial charge in [-0.25, -0.2) is 4.98 Å². The third kappa shape index (κ3) is 1.61. The van der Waals surface area contributed by atoms with E-state index in [1.807, 2.05) is 6.07 Å². The largest absolute Gasteiger partial charge is 0.345 e. The molecule has 1 N–H and O–H groups in total. The summed E-state index contributed by atoms with van der Waals surface area (Å²) in [5.74, 6) is 0. The Labute approximate surface area is 96.9 Å². The summed E-state index contributed by atoms with van der Waals surface area (Å²) < 4.78 is 0. The van der Waals surface area contributed by atoms with Crippen LogP contribution >= 0.6 is 0 Å². The molecule has 0 amide bonds. The van der Waals surface area contributed by atoms with Crippen molar-refractivity contribution in [3.63, 3.8) is 0 Å². The van der Waals surface area contributed by atoms with Gasteiger partial charge in [-0.05, 0) is 12.1 Å². The molecule has 2 aromatic rings. The molecule has 0 saturated carbocycles. The van der Waals surface area contributed by atoms with Gasteiger partial charge < -0.3 is 4.98 Å². The summed E-state index contributed by atoms with van der Waals surface area (Å²) >= 11 is 0. The number of nitrogens with one attached hydrogen (secondary N) is 1. The molecule has 0 aliphatic heterocycles.